The van der Waals surface area contributed by atoms with Gasteiger partial charge in [0.2, 0.25) is 5.91 Å². The van der Waals surface area contributed by atoms with E-state index in [0.717, 1.165) is 40.1 Å². The van der Waals surface area contributed by atoms with Crippen molar-refractivity contribution in [2.24, 2.45) is 11.7 Å². The number of hydrogen-bond acceptors (Lipinski definition) is 7. The van der Waals surface area contributed by atoms with Crippen LogP contribution < -0.4 is 11.1 Å². The molecule has 1 aliphatic heterocycles. The second-order valence-electron chi connectivity index (χ2n) is 7.32. The molecular weight excluding hydrogens is 390 g/mol. The van der Waals surface area contributed by atoms with Gasteiger partial charge in [-0.05, 0) is 44.4 Å². The summed E-state index contributed by atoms with van der Waals surface area (Å²) in [5.74, 6) is 1.63. The number of aryl methyl sites for hydroxylation is 2. The van der Waals surface area contributed by atoms with Crippen LogP contribution in [0.4, 0.5) is 5.82 Å². The first kappa shape index (κ1) is 19.4. The number of fused-ring (bicyclic) bond motifs is 1. The summed E-state index contributed by atoms with van der Waals surface area (Å²) in [5, 5.41) is 4.13. The van der Waals surface area contributed by atoms with E-state index in [-0.39, 0.29) is 17.7 Å². The highest BCUT2D eigenvalue weighted by atomic mass is 32.1. The van der Waals surface area contributed by atoms with E-state index in [1.165, 1.54) is 17.7 Å². The number of piperidine rings is 1. The molecule has 29 heavy (non-hydrogen) atoms. The summed E-state index contributed by atoms with van der Waals surface area (Å²) < 4.78 is 5.60. The third-order valence-corrected chi connectivity index (χ3v) is 6.45. The molecule has 0 spiro atoms. The molecule has 4 heterocycles. The number of nitrogens with zero attached hydrogens (tertiary/aromatic N) is 3. The summed E-state index contributed by atoms with van der Waals surface area (Å²) in [6.45, 7) is 5.30. The van der Waals surface area contributed by atoms with Crippen LogP contribution in [0.25, 0.3) is 10.2 Å². The maximum atomic E-state index is 13.2. The number of primary amides is 1. The average molecular weight is 414 g/mol. The number of carbonyl (C=O) groups excluding carboxylic acids is 2. The molecular formula is C20H23N5O3S. The second kappa shape index (κ2) is 7.82. The molecule has 0 aliphatic carbocycles. The van der Waals surface area contributed by atoms with E-state index in [4.69, 9.17) is 10.2 Å². The second-order valence-corrected chi connectivity index (χ2v) is 8.32. The fourth-order valence-corrected chi connectivity index (χ4v) is 4.81. The standard InChI is InChI=1S/C20H23N5O3S/c1-11-5-6-14(28-11)8-22-18-15-12(2)16(29-19(15)24-10-23-18)20(27)25-7-3-4-13(9-25)17(21)26/h5-6,10,13H,3-4,7-9H2,1-2H3,(H2,21,26)(H,22,23,24). The zero-order chi connectivity index (χ0) is 20.5. The van der Waals surface area contributed by atoms with Crippen molar-refractivity contribution < 1.29 is 14.0 Å². The molecule has 8 nitrogen and oxygen atoms in total. The fraction of sp³-hybridized carbons (Fsp3) is 0.400. The van der Waals surface area contributed by atoms with Gasteiger partial charge < -0.3 is 20.4 Å². The quantitative estimate of drug-likeness (QED) is 0.665. The zero-order valence-corrected chi connectivity index (χ0v) is 17.2. The van der Waals surface area contributed by atoms with Crippen molar-refractivity contribution in [3.63, 3.8) is 0 Å². The summed E-state index contributed by atoms with van der Waals surface area (Å²) in [6.07, 6.45) is 3.00. The van der Waals surface area contributed by atoms with E-state index < -0.39 is 0 Å². The third kappa shape index (κ3) is 3.82. The van der Waals surface area contributed by atoms with Crippen LogP contribution in [0.3, 0.4) is 0 Å². The van der Waals surface area contributed by atoms with E-state index in [9.17, 15) is 9.59 Å². The van der Waals surface area contributed by atoms with E-state index in [0.29, 0.717) is 30.3 Å². The smallest absolute Gasteiger partial charge is 0.264 e. The summed E-state index contributed by atoms with van der Waals surface area (Å²) in [7, 11) is 0. The normalized spacial score (nSPS) is 16.9. The lowest BCUT2D eigenvalue weighted by Crippen LogP contribution is -2.44. The molecule has 3 aromatic heterocycles. The van der Waals surface area contributed by atoms with Gasteiger partial charge in [0.05, 0.1) is 22.7 Å². The maximum Gasteiger partial charge on any atom is 0.264 e. The van der Waals surface area contributed by atoms with Gasteiger partial charge in [-0.2, -0.15) is 0 Å². The predicted molar refractivity (Wildman–Crippen MR) is 111 cm³/mol. The monoisotopic (exact) mass is 413 g/mol. The number of carbonyl (C=O) groups is 2. The molecule has 1 unspecified atom stereocenters. The van der Waals surface area contributed by atoms with Crippen molar-refractivity contribution in [3.05, 3.63) is 40.4 Å². The first-order chi connectivity index (χ1) is 13.9. The number of hydrogen-bond donors (Lipinski definition) is 2. The van der Waals surface area contributed by atoms with Gasteiger partial charge in [0.15, 0.2) is 0 Å². The average Bonchev–Trinajstić information content (AvgIpc) is 3.29. The molecule has 1 saturated heterocycles. The van der Waals surface area contributed by atoms with Crippen molar-refractivity contribution in [2.45, 2.75) is 33.2 Å². The van der Waals surface area contributed by atoms with E-state index in [1.54, 1.807) is 4.90 Å². The Kier molecular flexibility index (Phi) is 5.23. The van der Waals surface area contributed by atoms with Gasteiger partial charge in [-0.3, -0.25) is 9.59 Å². The van der Waals surface area contributed by atoms with Crippen LogP contribution in [-0.4, -0.2) is 39.8 Å². The lowest BCUT2D eigenvalue weighted by molar-refractivity contribution is -0.123. The number of thiophene rings is 1. The molecule has 2 amide bonds. The minimum absolute atomic E-state index is 0.0796. The minimum Gasteiger partial charge on any atom is -0.465 e. The van der Waals surface area contributed by atoms with Crippen LogP contribution in [0.5, 0.6) is 0 Å². The fourth-order valence-electron chi connectivity index (χ4n) is 3.70. The van der Waals surface area contributed by atoms with Crippen LogP contribution in [0.1, 0.15) is 39.6 Å². The Morgan fingerprint density at radius 2 is 2.17 bits per heavy atom. The number of amides is 2. The number of likely N-dealkylation sites (tertiary alicyclic amines) is 1. The molecule has 9 heteroatoms. The lowest BCUT2D eigenvalue weighted by Gasteiger charge is -2.31. The number of nitrogens with two attached hydrogens (primary N) is 1. The van der Waals surface area contributed by atoms with Crippen molar-refractivity contribution in [1.82, 2.24) is 14.9 Å². The van der Waals surface area contributed by atoms with Crippen molar-refractivity contribution >= 4 is 39.2 Å². The Morgan fingerprint density at radius 3 is 2.90 bits per heavy atom. The van der Waals surface area contributed by atoms with E-state index in [2.05, 4.69) is 15.3 Å². The van der Waals surface area contributed by atoms with E-state index >= 15 is 0 Å². The molecule has 152 valence electrons. The van der Waals surface area contributed by atoms with Gasteiger partial charge in [-0.1, -0.05) is 0 Å². The van der Waals surface area contributed by atoms with Gasteiger partial charge >= 0.3 is 0 Å². The number of furan rings is 1. The molecule has 1 aliphatic rings. The largest absolute Gasteiger partial charge is 0.465 e. The SMILES string of the molecule is Cc1ccc(CNc2ncnc3sc(C(=O)N4CCCC(C(N)=O)C4)c(C)c23)o1. The van der Waals surface area contributed by atoms with Gasteiger partial charge in [-0.15, -0.1) is 11.3 Å². The Hall–Kier alpha value is -2.94. The number of nitrogens with one attached hydrogen (secondary N) is 1. The summed E-state index contributed by atoms with van der Waals surface area (Å²) in [6, 6.07) is 3.83. The molecule has 0 radical (unpaired) electrons. The van der Waals surface area contributed by atoms with Gasteiger partial charge in [0.1, 0.15) is 28.5 Å². The highest BCUT2D eigenvalue weighted by Crippen LogP contribution is 2.35. The minimum atomic E-state index is -0.346. The van der Waals surface area contributed by atoms with Crippen LogP contribution in [0, 0.1) is 19.8 Å². The first-order valence-electron chi connectivity index (χ1n) is 9.56. The zero-order valence-electron chi connectivity index (χ0n) is 16.4. The summed E-state index contributed by atoms with van der Waals surface area (Å²) in [4.78, 5) is 36.5. The Labute approximate surface area is 172 Å². The van der Waals surface area contributed by atoms with Crippen LogP contribution in [0.15, 0.2) is 22.9 Å². The van der Waals surface area contributed by atoms with Gasteiger partial charge in [0.25, 0.3) is 5.91 Å². The molecule has 1 atom stereocenters. The Bertz CT molecular complexity index is 1070. The topological polar surface area (TPSA) is 114 Å². The maximum absolute atomic E-state index is 13.2. The molecule has 3 N–H and O–H groups in total. The number of aromatic nitrogens is 2. The molecule has 3 aromatic rings. The highest BCUT2D eigenvalue weighted by Gasteiger charge is 2.30. The Balaban J connectivity index is 1.60. The van der Waals surface area contributed by atoms with Crippen LogP contribution in [-0.2, 0) is 11.3 Å². The summed E-state index contributed by atoms with van der Waals surface area (Å²) >= 11 is 1.35. The van der Waals surface area contributed by atoms with E-state index in [1.807, 2.05) is 26.0 Å². The number of rotatable bonds is 5. The molecule has 0 saturated carbocycles. The third-order valence-electron chi connectivity index (χ3n) is 5.26. The van der Waals surface area contributed by atoms with Crippen molar-refractivity contribution in [2.75, 3.05) is 18.4 Å². The molecule has 0 bridgehead atoms. The van der Waals surface area contributed by atoms with Crippen LogP contribution >= 0.6 is 11.3 Å². The van der Waals surface area contributed by atoms with Crippen LogP contribution in [0.2, 0.25) is 0 Å². The Morgan fingerprint density at radius 1 is 1.34 bits per heavy atom. The van der Waals surface area contributed by atoms with Crippen molar-refractivity contribution in [1.29, 1.82) is 0 Å². The predicted octanol–water partition coefficient (Wildman–Crippen LogP) is 2.85. The number of anilines is 1. The highest BCUT2D eigenvalue weighted by molar-refractivity contribution is 7.20. The van der Waals surface area contributed by atoms with Gasteiger partial charge in [-0.25, -0.2) is 9.97 Å². The summed E-state index contributed by atoms with van der Waals surface area (Å²) in [5.41, 5.74) is 6.30. The van der Waals surface area contributed by atoms with Gasteiger partial charge in [0, 0.05) is 13.1 Å². The van der Waals surface area contributed by atoms with Crippen molar-refractivity contribution in [3.8, 4) is 0 Å². The lowest BCUT2D eigenvalue weighted by atomic mass is 9.97. The molecule has 1 fully saturated rings. The molecule has 4 rings (SSSR count). The first-order valence-corrected chi connectivity index (χ1v) is 10.4. The molecule has 0 aromatic carbocycles.